The summed E-state index contributed by atoms with van der Waals surface area (Å²) in [5, 5.41) is 1.24. The Morgan fingerprint density at radius 3 is 2.92 bits per heavy atom. The molecular formula is C18H25IN6O. The molecule has 140 valence electrons. The highest BCUT2D eigenvalue weighted by molar-refractivity contribution is 14.1. The van der Waals surface area contributed by atoms with Crippen LogP contribution in [0.4, 0.5) is 0 Å². The van der Waals surface area contributed by atoms with Gasteiger partial charge in [-0.3, -0.25) is 9.79 Å². The Bertz CT molecular complexity index is 785. The number of aromatic nitrogens is 1. The van der Waals surface area contributed by atoms with E-state index >= 15 is 0 Å². The van der Waals surface area contributed by atoms with Crippen molar-refractivity contribution in [2.45, 2.75) is 25.3 Å². The molecule has 0 unspecified atom stereocenters. The van der Waals surface area contributed by atoms with Crippen molar-refractivity contribution in [1.29, 1.82) is 0 Å². The largest absolute Gasteiger partial charge is 0.370 e. The Kier molecular flexibility index (Phi) is 6.36. The number of benzene rings is 1. The van der Waals surface area contributed by atoms with Gasteiger partial charge in [-0.1, -0.05) is 18.2 Å². The average Bonchev–Trinajstić information content (AvgIpc) is 3.03. The first-order valence-electron chi connectivity index (χ1n) is 8.88. The van der Waals surface area contributed by atoms with Crippen LogP contribution in [0.1, 0.15) is 18.4 Å². The minimum absolute atomic E-state index is 0.0958. The van der Waals surface area contributed by atoms with E-state index < -0.39 is 0 Å². The quantitative estimate of drug-likeness (QED) is 0.189. The molecule has 1 aromatic carbocycles. The Morgan fingerprint density at radius 1 is 1.31 bits per heavy atom. The number of carbonyl (C=O) groups excluding carboxylic acids is 1. The number of rotatable bonds is 7. The molecule has 1 atom stereocenters. The average molecular weight is 468 g/mol. The first-order valence-corrected chi connectivity index (χ1v) is 9.84. The van der Waals surface area contributed by atoms with E-state index in [9.17, 15) is 4.79 Å². The van der Waals surface area contributed by atoms with E-state index in [1.807, 2.05) is 17.0 Å². The number of nitrogens with one attached hydrogen (secondary N) is 1. The molecule has 2 aromatic rings. The first-order chi connectivity index (χ1) is 12.6. The second-order valence-corrected chi connectivity index (χ2v) is 7.76. The molecule has 1 fully saturated rings. The van der Waals surface area contributed by atoms with Gasteiger partial charge in [0.05, 0.1) is 6.04 Å². The van der Waals surface area contributed by atoms with Crippen molar-refractivity contribution in [3.63, 3.8) is 0 Å². The van der Waals surface area contributed by atoms with E-state index in [0.29, 0.717) is 6.54 Å². The topological polar surface area (TPSA) is 104 Å². The third kappa shape index (κ3) is 4.47. The molecule has 0 saturated carbocycles. The number of aromatic amines is 1. The summed E-state index contributed by atoms with van der Waals surface area (Å²) in [5.41, 5.74) is 13.1. The number of nitrogens with two attached hydrogens (primary N) is 2. The molecule has 7 nitrogen and oxygen atoms in total. The fraction of sp³-hybridized carbons (Fsp3) is 0.444. The van der Waals surface area contributed by atoms with E-state index in [4.69, 9.17) is 11.5 Å². The van der Waals surface area contributed by atoms with Gasteiger partial charge in [0, 0.05) is 66.1 Å². The van der Waals surface area contributed by atoms with Gasteiger partial charge in [-0.2, -0.15) is 0 Å². The van der Waals surface area contributed by atoms with Crippen molar-refractivity contribution >= 4 is 45.6 Å². The number of guanidine groups is 1. The summed E-state index contributed by atoms with van der Waals surface area (Å²) in [6.45, 7) is 2.96. The number of amides is 1. The molecule has 0 aliphatic carbocycles. The van der Waals surface area contributed by atoms with Gasteiger partial charge < -0.3 is 21.4 Å². The molecule has 1 aliphatic heterocycles. The van der Waals surface area contributed by atoms with Gasteiger partial charge in [-0.05, 0) is 30.9 Å². The first kappa shape index (κ1) is 19.0. The number of H-pyrrole nitrogens is 1. The Morgan fingerprint density at radius 2 is 2.12 bits per heavy atom. The lowest BCUT2D eigenvalue weighted by atomic mass is 10.1. The molecule has 0 spiro atoms. The van der Waals surface area contributed by atoms with E-state index in [-0.39, 0.29) is 17.9 Å². The monoisotopic (exact) mass is 468 g/mol. The van der Waals surface area contributed by atoms with Gasteiger partial charge in [0.25, 0.3) is 0 Å². The SMILES string of the molecule is NC(N)=NCCC[C@H]1C(=O)N(CCc2c[nH]c3ccccc23)CCN1I. The lowest BCUT2D eigenvalue weighted by Gasteiger charge is -2.37. The van der Waals surface area contributed by atoms with Crippen LogP contribution in [0, 0.1) is 0 Å². The maximum atomic E-state index is 12.9. The van der Waals surface area contributed by atoms with Crippen LogP contribution >= 0.6 is 22.9 Å². The molecule has 3 rings (SSSR count). The number of piperazine rings is 1. The highest BCUT2D eigenvalue weighted by Crippen LogP contribution is 2.22. The van der Waals surface area contributed by atoms with Crippen LogP contribution in [0.2, 0.25) is 0 Å². The third-order valence-corrected chi connectivity index (χ3v) is 5.93. The third-order valence-electron chi connectivity index (χ3n) is 4.77. The maximum Gasteiger partial charge on any atom is 0.240 e. The zero-order chi connectivity index (χ0) is 18.5. The van der Waals surface area contributed by atoms with Gasteiger partial charge in [0.2, 0.25) is 5.91 Å². The lowest BCUT2D eigenvalue weighted by Crippen LogP contribution is -2.53. The fourth-order valence-electron chi connectivity index (χ4n) is 3.39. The molecule has 1 aliphatic rings. The molecule has 8 heteroatoms. The summed E-state index contributed by atoms with van der Waals surface area (Å²) in [6.07, 6.45) is 4.47. The van der Waals surface area contributed by atoms with Crippen LogP contribution in [0.25, 0.3) is 10.9 Å². The molecule has 26 heavy (non-hydrogen) atoms. The standard InChI is InChI=1S/C18H25IN6O/c19-25-11-10-24(17(26)16(25)6-3-8-22-18(20)21)9-7-13-12-23-15-5-2-1-4-14(13)15/h1-2,4-5,12,16,23H,3,6-11H2,(H4,20,21,22)/t16-/m0/s1. The number of nitrogens with zero attached hydrogens (tertiary/aromatic N) is 3. The predicted octanol–water partition coefficient (Wildman–Crippen LogP) is 1.63. The molecule has 1 saturated heterocycles. The van der Waals surface area contributed by atoms with E-state index in [1.165, 1.54) is 10.9 Å². The number of halogens is 1. The van der Waals surface area contributed by atoms with Gasteiger partial charge in [0.15, 0.2) is 5.96 Å². The number of para-hydroxylation sites is 1. The summed E-state index contributed by atoms with van der Waals surface area (Å²) >= 11 is 2.26. The number of hydrogen-bond acceptors (Lipinski definition) is 3. The molecule has 0 bridgehead atoms. The van der Waals surface area contributed by atoms with Crippen molar-refractivity contribution in [3.8, 4) is 0 Å². The fourth-order valence-corrected chi connectivity index (χ4v) is 4.12. The Balaban J connectivity index is 1.57. The van der Waals surface area contributed by atoms with Gasteiger partial charge >= 0.3 is 0 Å². The Hall–Kier alpha value is -1.81. The second-order valence-electron chi connectivity index (χ2n) is 6.52. The number of carbonyl (C=O) groups is 1. The summed E-state index contributed by atoms with van der Waals surface area (Å²) in [6, 6.07) is 8.18. The highest BCUT2D eigenvalue weighted by Gasteiger charge is 2.32. The molecule has 0 radical (unpaired) electrons. The van der Waals surface area contributed by atoms with Gasteiger partial charge in [0.1, 0.15) is 0 Å². The molecule has 2 heterocycles. The van der Waals surface area contributed by atoms with Crippen LogP contribution in [-0.4, -0.2) is 57.1 Å². The van der Waals surface area contributed by atoms with Crippen molar-refractivity contribution in [3.05, 3.63) is 36.0 Å². The lowest BCUT2D eigenvalue weighted by molar-refractivity contribution is -0.138. The van der Waals surface area contributed by atoms with E-state index in [1.54, 1.807) is 0 Å². The Labute approximate surface area is 167 Å². The van der Waals surface area contributed by atoms with Crippen LogP contribution in [-0.2, 0) is 11.2 Å². The maximum absolute atomic E-state index is 12.9. The number of fused-ring (bicyclic) bond motifs is 1. The van der Waals surface area contributed by atoms with Crippen molar-refractivity contribution in [2.75, 3.05) is 26.2 Å². The van der Waals surface area contributed by atoms with E-state index in [0.717, 1.165) is 44.4 Å². The highest BCUT2D eigenvalue weighted by atomic mass is 127. The molecule has 5 N–H and O–H groups in total. The van der Waals surface area contributed by atoms with Crippen LogP contribution in [0.15, 0.2) is 35.5 Å². The van der Waals surface area contributed by atoms with Crippen molar-refractivity contribution in [1.82, 2.24) is 13.0 Å². The number of aliphatic imine (C=N–C) groups is 1. The smallest absolute Gasteiger partial charge is 0.240 e. The molecule has 1 amide bonds. The molecule has 1 aromatic heterocycles. The predicted molar refractivity (Wildman–Crippen MR) is 113 cm³/mol. The summed E-state index contributed by atoms with van der Waals surface area (Å²) < 4.78 is 2.11. The van der Waals surface area contributed by atoms with Crippen molar-refractivity contribution in [2.24, 2.45) is 16.5 Å². The van der Waals surface area contributed by atoms with Crippen LogP contribution in [0.5, 0.6) is 0 Å². The van der Waals surface area contributed by atoms with Gasteiger partial charge in [-0.25, -0.2) is 3.11 Å². The second kappa shape index (κ2) is 8.72. The summed E-state index contributed by atoms with van der Waals surface area (Å²) in [4.78, 5) is 22.2. The van der Waals surface area contributed by atoms with Gasteiger partial charge in [-0.15, -0.1) is 0 Å². The zero-order valence-electron chi connectivity index (χ0n) is 14.7. The minimum Gasteiger partial charge on any atom is -0.370 e. The number of hydrogen-bond donors (Lipinski definition) is 3. The van der Waals surface area contributed by atoms with Crippen LogP contribution < -0.4 is 11.5 Å². The van der Waals surface area contributed by atoms with Crippen LogP contribution in [0.3, 0.4) is 0 Å². The summed E-state index contributed by atoms with van der Waals surface area (Å²) in [5.74, 6) is 0.307. The van der Waals surface area contributed by atoms with Crippen molar-refractivity contribution < 1.29 is 4.79 Å². The zero-order valence-corrected chi connectivity index (χ0v) is 16.9. The molecular weight excluding hydrogens is 443 g/mol. The normalized spacial score (nSPS) is 18.4. The van der Waals surface area contributed by atoms with E-state index in [2.05, 4.69) is 54.3 Å². The summed E-state index contributed by atoms with van der Waals surface area (Å²) in [7, 11) is 0. The minimum atomic E-state index is -0.0958.